The Labute approximate surface area is 194 Å². The second-order valence-corrected chi connectivity index (χ2v) is 9.62. The minimum Gasteiger partial charge on any atom is -0.294 e. The SMILES string of the molecule is O=C(CCc1ccc(S(=O)(=O)c2ccc(-n3cccn3)c(F)c2)cc1)c1cnc2[nH]ncc2c1. The fraction of sp³-hybridized carbons (Fsp3) is 0.0833. The number of H-pyrrole nitrogens is 1. The monoisotopic (exact) mass is 475 g/mol. The van der Waals surface area contributed by atoms with E-state index in [1.165, 1.54) is 41.3 Å². The molecule has 10 heteroatoms. The van der Waals surface area contributed by atoms with Gasteiger partial charge < -0.3 is 0 Å². The van der Waals surface area contributed by atoms with Gasteiger partial charge in [-0.3, -0.25) is 9.89 Å². The fourth-order valence-electron chi connectivity index (χ4n) is 3.61. The molecule has 0 amide bonds. The molecule has 3 heterocycles. The zero-order valence-electron chi connectivity index (χ0n) is 17.7. The molecule has 0 aliphatic heterocycles. The highest BCUT2D eigenvalue weighted by Gasteiger charge is 2.20. The second-order valence-electron chi connectivity index (χ2n) is 7.67. The molecule has 0 fully saturated rings. The normalized spacial score (nSPS) is 11.7. The Bertz CT molecular complexity index is 1590. The van der Waals surface area contributed by atoms with Crippen LogP contribution < -0.4 is 0 Å². The molecule has 0 unspecified atom stereocenters. The summed E-state index contributed by atoms with van der Waals surface area (Å²) in [5, 5.41) is 11.4. The van der Waals surface area contributed by atoms with Crippen molar-refractivity contribution in [3.63, 3.8) is 0 Å². The Morgan fingerprint density at radius 2 is 1.82 bits per heavy atom. The number of ketones is 1. The molecular weight excluding hydrogens is 457 g/mol. The first-order valence-corrected chi connectivity index (χ1v) is 11.9. The van der Waals surface area contributed by atoms with Gasteiger partial charge in [-0.15, -0.1) is 0 Å². The molecule has 1 N–H and O–H groups in total. The van der Waals surface area contributed by atoms with Crippen LogP contribution in [0.4, 0.5) is 4.39 Å². The average molecular weight is 476 g/mol. The van der Waals surface area contributed by atoms with Gasteiger partial charge in [-0.2, -0.15) is 10.2 Å². The number of hydrogen-bond acceptors (Lipinski definition) is 6. The van der Waals surface area contributed by atoms with Crippen molar-refractivity contribution in [3.05, 3.63) is 96.3 Å². The van der Waals surface area contributed by atoms with Crippen LogP contribution in [0, 0.1) is 5.82 Å². The van der Waals surface area contributed by atoms with E-state index in [2.05, 4.69) is 20.3 Å². The number of nitrogens with zero attached hydrogens (tertiary/aromatic N) is 4. The number of benzene rings is 2. The Morgan fingerprint density at radius 1 is 1.03 bits per heavy atom. The number of fused-ring (bicyclic) bond motifs is 1. The van der Waals surface area contributed by atoms with Gasteiger partial charge in [-0.25, -0.2) is 22.5 Å². The molecule has 0 bridgehead atoms. The van der Waals surface area contributed by atoms with Crippen molar-refractivity contribution in [1.82, 2.24) is 25.0 Å². The number of pyridine rings is 1. The van der Waals surface area contributed by atoms with E-state index in [1.807, 2.05) is 0 Å². The van der Waals surface area contributed by atoms with E-state index in [4.69, 9.17) is 0 Å². The number of carbonyl (C=O) groups is 1. The van der Waals surface area contributed by atoms with Crippen LogP contribution in [-0.4, -0.2) is 39.2 Å². The van der Waals surface area contributed by atoms with E-state index in [9.17, 15) is 17.6 Å². The lowest BCUT2D eigenvalue weighted by Gasteiger charge is -2.09. The van der Waals surface area contributed by atoms with Gasteiger partial charge in [-0.1, -0.05) is 12.1 Å². The molecule has 34 heavy (non-hydrogen) atoms. The quantitative estimate of drug-likeness (QED) is 0.357. The number of aryl methyl sites for hydroxylation is 1. The van der Waals surface area contributed by atoms with Crippen LogP contribution in [0.2, 0.25) is 0 Å². The summed E-state index contributed by atoms with van der Waals surface area (Å²) in [5.41, 5.74) is 2.08. The van der Waals surface area contributed by atoms with Crippen molar-refractivity contribution in [2.75, 3.05) is 0 Å². The number of aromatic nitrogens is 5. The lowest BCUT2D eigenvalue weighted by Crippen LogP contribution is -2.05. The van der Waals surface area contributed by atoms with Gasteiger partial charge in [0, 0.05) is 36.0 Å². The number of rotatable bonds is 7. The molecule has 5 aromatic rings. The first kappa shape index (κ1) is 21.7. The van der Waals surface area contributed by atoms with E-state index < -0.39 is 15.7 Å². The largest absolute Gasteiger partial charge is 0.294 e. The number of Topliss-reactive ketones (excluding diaryl/α,β-unsaturated/α-hetero) is 1. The number of nitrogens with one attached hydrogen (secondary N) is 1. The summed E-state index contributed by atoms with van der Waals surface area (Å²) in [6, 6.07) is 13.4. The third kappa shape index (κ3) is 4.11. The van der Waals surface area contributed by atoms with Crippen LogP contribution in [0.1, 0.15) is 22.3 Å². The summed E-state index contributed by atoms with van der Waals surface area (Å²) in [6.07, 6.45) is 6.88. The fourth-order valence-corrected chi connectivity index (χ4v) is 4.89. The lowest BCUT2D eigenvalue weighted by molar-refractivity contribution is 0.0982. The predicted molar refractivity (Wildman–Crippen MR) is 122 cm³/mol. The average Bonchev–Trinajstić information content (AvgIpc) is 3.54. The van der Waals surface area contributed by atoms with E-state index in [-0.39, 0.29) is 27.7 Å². The Morgan fingerprint density at radius 3 is 2.56 bits per heavy atom. The molecule has 170 valence electrons. The van der Waals surface area contributed by atoms with Crippen LogP contribution in [0.5, 0.6) is 0 Å². The van der Waals surface area contributed by atoms with Crippen LogP contribution in [0.15, 0.2) is 89.2 Å². The molecule has 0 saturated heterocycles. The molecule has 0 radical (unpaired) electrons. The van der Waals surface area contributed by atoms with Crippen molar-refractivity contribution < 1.29 is 17.6 Å². The summed E-state index contributed by atoms with van der Waals surface area (Å²) < 4.78 is 41.8. The maximum atomic E-state index is 14.5. The third-order valence-corrected chi connectivity index (χ3v) is 7.24. The van der Waals surface area contributed by atoms with Crippen LogP contribution >= 0.6 is 0 Å². The third-order valence-electron chi connectivity index (χ3n) is 5.47. The second kappa shape index (κ2) is 8.64. The maximum Gasteiger partial charge on any atom is 0.206 e. The lowest BCUT2D eigenvalue weighted by atomic mass is 10.0. The van der Waals surface area contributed by atoms with Crippen molar-refractivity contribution in [3.8, 4) is 5.69 Å². The molecule has 5 rings (SSSR count). The van der Waals surface area contributed by atoms with Crippen molar-refractivity contribution in [2.45, 2.75) is 22.6 Å². The maximum absolute atomic E-state index is 14.5. The molecule has 2 aromatic carbocycles. The highest BCUT2D eigenvalue weighted by molar-refractivity contribution is 7.91. The highest BCUT2D eigenvalue weighted by atomic mass is 32.2. The Hall–Kier alpha value is -4.18. The smallest absolute Gasteiger partial charge is 0.206 e. The Kier molecular flexibility index (Phi) is 5.50. The predicted octanol–water partition coefficient (Wildman–Crippen LogP) is 3.93. The van der Waals surface area contributed by atoms with Crippen LogP contribution in [-0.2, 0) is 16.3 Å². The van der Waals surface area contributed by atoms with E-state index in [0.717, 1.165) is 17.0 Å². The molecule has 8 nitrogen and oxygen atoms in total. The summed E-state index contributed by atoms with van der Waals surface area (Å²) in [7, 11) is -3.91. The summed E-state index contributed by atoms with van der Waals surface area (Å²) in [4.78, 5) is 16.6. The van der Waals surface area contributed by atoms with Crippen LogP contribution in [0.3, 0.4) is 0 Å². The summed E-state index contributed by atoms with van der Waals surface area (Å²) in [5.74, 6) is -0.761. The van der Waals surface area contributed by atoms with Gasteiger partial charge >= 0.3 is 0 Å². The number of aromatic amines is 1. The van der Waals surface area contributed by atoms with Crippen molar-refractivity contribution in [2.24, 2.45) is 0 Å². The Balaban J connectivity index is 1.29. The molecule has 0 aliphatic carbocycles. The molecule has 0 atom stereocenters. The number of sulfone groups is 1. The van der Waals surface area contributed by atoms with E-state index >= 15 is 0 Å². The molecule has 0 aliphatic rings. The van der Waals surface area contributed by atoms with Gasteiger partial charge in [-0.05, 0) is 54.4 Å². The number of halogens is 1. The molecular formula is C24H18FN5O3S. The molecule has 0 saturated carbocycles. The summed E-state index contributed by atoms with van der Waals surface area (Å²) in [6.45, 7) is 0. The van der Waals surface area contributed by atoms with Gasteiger partial charge in [0.1, 0.15) is 11.5 Å². The number of hydrogen-bond donors (Lipinski definition) is 1. The van der Waals surface area contributed by atoms with E-state index in [1.54, 1.807) is 36.7 Å². The zero-order valence-corrected chi connectivity index (χ0v) is 18.5. The molecule has 0 spiro atoms. The van der Waals surface area contributed by atoms with Gasteiger partial charge in [0.25, 0.3) is 0 Å². The van der Waals surface area contributed by atoms with Crippen molar-refractivity contribution in [1.29, 1.82) is 0 Å². The first-order chi connectivity index (χ1) is 16.4. The minimum absolute atomic E-state index is 0.0448. The van der Waals surface area contributed by atoms with E-state index in [0.29, 0.717) is 17.6 Å². The molecule has 3 aromatic heterocycles. The van der Waals surface area contributed by atoms with Gasteiger partial charge in [0.05, 0.1) is 16.0 Å². The summed E-state index contributed by atoms with van der Waals surface area (Å²) >= 11 is 0. The van der Waals surface area contributed by atoms with Crippen molar-refractivity contribution >= 4 is 26.7 Å². The number of carbonyl (C=O) groups excluding carboxylic acids is 1. The highest BCUT2D eigenvalue weighted by Crippen LogP contribution is 2.25. The standard InChI is InChI=1S/C24H18FN5O3S/c25-21-13-20(7-8-22(21)30-11-1-10-28-30)34(32,33)19-5-2-16(3-6-19)4-9-23(31)17-12-18-15-27-29-24(18)26-14-17/h1-3,5-8,10-15H,4,9H2,(H,26,27,29). The van der Waals surface area contributed by atoms with Gasteiger partial charge in [0.2, 0.25) is 9.84 Å². The minimum atomic E-state index is -3.91. The topological polar surface area (TPSA) is 111 Å². The first-order valence-electron chi connectivity index (χ1n) is 10.4. The van der Waals surface area contributed by atoms with Gasteiger partial charge in [0.15, 0.2) is 11.4 Å². The zero-order chi connectivity index (χ0) is 23.7. The van der Waals surface area contributed by atoms with Crippen LogP contribution in [0.25, 0.3) is 16.7 Å².